The van der Waals surface area contributed by atoms with Crippen LogP contribution in [0.4, 0.5) is 15.0 Å². The van der Waals surface area contributed by atoms with Gasteiger partial charge in [-0.15, -0.1) is 0 Å². The Balaban J connectivity index is 1.67. The minimum absolute atomic E-state index is 0.162. The number of H-pyrrole nitrogens is 1. The van der Waals surface area contributed by atoms with Crippen molar-refractivity contribution in [3.05, 3.63) is 22.5 Å². The SMILES string of the molecule is CCCCCOC(=O)Nc1[nH]c(=O)[n+](C2OC(C)[C@@H](OC3OC(C)[C@@H](O)[C@H]3O)[C@H]2O)cc1F. The number of rotatable bonds is 8. The summed E-state index contributed by atoms with van der Waals surface area (Å²) in [4.78, 5) is 26.5. The first-order valence-electron chi connectivity index (χ1n) is 10.9. The maximum atomic E-state index is 14.6. The van der Waals surface area contributed by atoms with E-state index in [1.54, 1.807) is 13.8 Å². The molecule has 2 aliphatic rings. The average molecular weight is 476 g/mol. The van der Waals surface area contributed by atoms with Gasteiger partial charge in [-0.3, -0.25) is 5.32 Å². The van der Waals surface area contributed by atoms with Crippen molar-refractivity contribution in [3.8, 4) is 0 Å². The Kier molecular flexibility index (Phi) is 8.37. The molecule has 186 valence electrons. The number of nitrogens with zero attached hydrogens (tertiary/aromatic N) is 1. The summed E-state index contributed by atoms with van der Waals surface area (Å²) in [5.41, 5.74) is -0.865. The van der Waals surface area contributed by atoms with E-state index in [1.807, 2.05) is 6.92 Å². The van der Waals surface area contributed by atoms with Gasteiger partial charge in [0.05, 0.1) is 18.8 Å². The lowest BCUT2D eigenvalue weighted by atomic mass is 10.1. The third kappa shape index (κ3) is 5.67. The summed E-state index contributed by atoms with van der Waals surface area (Å²) in [5.74, 6) is -1.48. The number of carbonyl (C=O) groups is 1. The molecule has 0 spiro atoms. The molecule has 12 nitrogen and oxygen atoms in total. The number of aliphatic hydroxyl groups excluding tert-OH is 3. The van der Waals surface area contributed by atoms with Crippen LogP contribution in [-0.2, 0) is 18.9 Å². The molecule has 33 heavy (non-hydrogen) atoms. The van der Waals surface area contributed by atoms with Crippen molar-refractivity contribution in [2.24, 2.45) is 0 Å². The Bertz CT molecular complexity index is 885. The Hall–Kier alpha value is -2.16. The van der Waals surface area contributed by atoms with Gasteiger partial charge in [0, 0.05) is 0 Å². The van der Waals surface area contributed by atoms with Gasteiger partial charge in [0.25, 0.3) is 0 Å². The van der Waals surface area contributed by atoms with Crippen LogP contribution < -0.4 is 15.6 Å². The average Bonchev–Trinajstić information content (AvgIpc) is 3.18. The lowest BCUT2D eigenvalue weighted by Crippen LogP contribution is -2.58. The van der Waals surface area contributed by atoms with Crippen LogP contribution >= 0.6 is 0 Å². The highest BCUT2D eigenvalue weighted by Crippen LogP contribution is 2.31. The van der Waals surface area contributed by atoms with Crippen molar-refractivity contribution in [2.75, 3.05) is 11.9 Å². The molecular formula is C20H31FN3O9+. The van der Waals surface area contributed by atoms with Gasteiger partial charge in [-0.2, -0.15) is 18.7 Å². The molecule has 2 fully saturated rings. The number of halogens is 1. The van der Waals surface area contributed by atoms with Crippen LogP contribution in [0.1, 0.15) is 46.3 Å². The number of aliphatic hydroxyl groups is 3. The fourth-order valence-corrected chi connectivity index (χ4v) is 3.73. The second kappa shape index (κ2) is 10.8. The minimum Gasteiger partial charge on any atom is -0.449 e. The lowest BCUT2D eigenvalue weighted by molar-refractivity contribution is -0.780. The van der Waals surface area contributed by atoms with Crippen LogP contribution in [0.2, 0.25) is 0 Å². The van der Waals surface area contributed by atoms with E-state index in [-0.39, 0.29) is 6.61 Å². The molecule has 2 saturated heterocycles. The van der Waals surface area contributed by atoms with E-state index in [2.05, 4.69) is 10.3 Å². The van der Waals surface area contributed by atoms with Crippen molar-refractivity contribution in [1.82, 2.24) is 4.98 Å². The van der Waals surface area contributed by atoms with Crippen molar-refractivity contribution in [2.45, 2.75) is 89.2 Å². The number of anilines is 1. The Labute approximate surface area is 189 Å². The fourth-order valence-electron chi connectivity index (χ4n) is 3.73. The van der Waals surface area contributed by atoms with Crippen LogP contribution in [0, 0.1) is 5.82 Å². The van der Waals surface area contributed by atoms with Gasteiger partial charge < -0.3 is 34.3 Å². The molecule has 13 heteroatoms. The number of nitrogens with one attached hydrogen (secondary N) is 2. The zero-order valence-electron chi connectivity index (χ0n) is 18.6. The van der Waals surface area contributed by atoms with E-state index >= 15 is 0 Å². The number of ether oxygens (including phenoxy) is 4. The highest BCUT2D eigenvalue weighted by molar-refractivity contribution is 5.83. The van der Waals surface area contributed by atoms with Gasteiger partial charge in [-0.1, -0.05) is 19.8 Å². The van der Waals surface area contributed by atoms with Crippen LogP contribution in [0.3, 0.4) is 0 Å². The summed E-state index contributed by atoms with van der Waals surface area (Å²) < 4.78 is 36.8. The predicted octanol–water partition coefficient (Wildman–Crippen LogP) is -0.330. The lowest BCUT2D eigenvalue weighted by Gasteiger charge is -2.23. The number of amides is 1. The molecule has 0 aliphatic carbocycles. The second-order valence-electron chi connectivity index (χ2n) is 8.17. The summed E-state index contributed by atoms with van der Waals surface area (Å²) in [7, 11) is 0. The standard InChI is InChI=1S/C20H30FN3O9/c1-4-5-6-7-30-20(29)23-16-11(21)8-24(19(28)22-16)17-14(27)15(10(3)31-17)33-18-13(26)12(25)9(2)32-18/h8-10,12-15,17-18,25-27H,4-7H2,1-3H3,(H,22,23,28,29)/p+1/t9?,10?,12-,13-,14-,15-,17?,18?/m1/s1. The van der Waals surface area contributed by atoms with Gasteiger partial charge in [0.15, 0.2) is 6.29 Å². The number of unbranched alkanes of at least 4 members (excludes halogenated alkanes) is 2. The van der Waals surface area contributed by atoms with E-state index < -0.39 is 72.6 Å². The highest BCUT2D eigenvalue weighted by Gasteiger charge is 2.51. The van der Waals surface area contributed by atoms with Gasteiger partial charge in [-0.05, 0) is 20.3 Å². The molecule has 2 aliphatic heterocycles. The number of carbonyl (C=O) groups excluding carboxylic acids is 1. The first-order chi connectivity index (χ1) is 15.6. The third-order valence-corrected chi connectivity index (χ3v) is 5.64. The van der Waals surface area contributed by atoms with E-state index in [0.717, 1.165) is 23.6 Å². The molecular weight excluding hydrogens is 445 g/mol. The van der Waals surface area contributed by atoms with Gasteiger partial charge >= 0.3 is 11.8 Å². The van der Waals surface area contributed by atoms with Crippen molar-refractivity contribution in [3.63, 3.8) is 0 Å². The molecule has 0 aromatic carbocycles. The summed E-state index contributed by atoms with van der Waals surface area (Å²) >= 11 is 0. The van der Waals surface area contributed by atoms with Gasteiger partial charge in [0.2, 0.25) is 17.9 Å². The van der Waals surface area contributed by atoms with Crippen LogP contribution in [0.15, 0.2) is 11.0 Å². The molecule has 5 N–H and O–H groups in total. The van der Waals surface area contributed by atoms with E-state index in [1.165, 1.54) is 0 Å². The molecule has 3 rings (SSSR count). The van der Waals surface area contributed by atoms with Crippen molar-refractivity contribution in [1.29, 1.82) is 0 Å². The normalized spacial score (nSPS) is 33.9. The molecule has 8 atom stereocenters. The fraction of sp³-hybridized carbons (Fsp3) is 0.750. The Morgan fingerprint density at radius 1 is 1.18 bits per heavy atom. The zero-order chi connectivity index (χ0) is 24.3. The summed E-state index contributed by atoms with van der Waals surface area (Å²) in [6.45, 7) is 5.27. The number of hydrogen-bond donors (Lipinski definition) is 5. The summed E-state index contributed by atoms with van der Waals surface area (Å²) in [6.07, 6.45) is -6.60. The number of hydrogen-bond acceptors (Lipinski definition) is 9. The monoisotopic (exact) mass is 476 g/mol. The van der Waals surface area contributed by atoms with Crippen molar-refractivity contribution < 1.29 is 48.0 Å². The molecule has 0 radical (unpaired) electrons. The first-order valence-corrected chi connectivity index (χ1v) is 10.9. The minimum atomic E-state index is -1.43. The Morgan fingerprint density at radius 2 is 1.91 bits per heavy atom. The van der Waals surface area contributed by atoms with Crippen LogP contribution in [0.25, 0.3) is 0 Å². The molecule has 1 amide bonds. The van der Waals surface area contributed by atoms with Crippen LogP contribution in [-0.4, -0.2) is 75.9 Å². The Morgan fingerprint density at radius 3 is 2.55 bits per heavy atom. The number of aromatic amines is 1. The molecule has 0 saturated carbocycles. The molecule has 0 bridgehead atoms. The summed E-state index contributed by atoms with van der Waals surface area (Å²) in [6, 6.07) is 0. The maximum Gasteiger partial charge on any atom is 0.499 e. The molecule has 1 aromatic heterocycles. The maximum absolute atomic E-state index is 14.6. The zero-order valence-corrected chi connectivity index (χ0v) is 18.6. The van der Waals surface area contributed by atoms with Gasteiger partial charge in [-0.25, -0.2) is 4.79 Å². The smallest absolute Gasteiger partial charge is 0.449 e. The second-order valence-corrected chi connectivity index (χ2v) is 8.17. The van der Waals surface area contributed by atoms with E-state index in [0.29, 0.717) is 6.42 Å². The molecule has 1 aromatic rings. The van der Waals surface area contributed by atoms with Gasteiger partial charge in [0.1, 0.15) is 30.6 Å². The van der Waals surface area contributed by atoms with Crippen molar-refractivity contribution >= 4 is 11.9 Å². The van der Waals surface area contributed by atoms with E-state index in [9.17, 15) is 29.3 Å². The summed E-state index contributed by atoms with van der Waals surface area (Å²) in [5, 5.41) is 32.7. The van der Waals surface area contributed by atoms with E-state index in [4.69, 9.17) is 18.9 Å². The number of aromatic nitrogens is 2. The first kappa shape index (κ1) is 25.5. The third-order valence-electron chi connectivity index (χ3n) is 5.64. The van der Waals surface area contributed by atoms with Crippen LogP contribution in [0.5, 0.6) is 0 Å². The quantitative estimate of drug-likeness (QED) is 0.250. The largest absolute Gasteiger partial charge is 0.499 e. The predicted molar refractivity (Wildman–Crippen MR) is 109 cm³/mol. The molecule has 4 unspecified atom stereocenters. The topological polar surface area (TPSA) is 163 Å². The molecule has 3 heterocycles. The highest BCUT2D eigenvalue weighted by atomic mass is 19.1.